The Balaban J connectivity index is 1.66. The summed E-state index contributed by atoms with van der Waals surface area (Å²) >= 11 is 0. The zero-order valence-electron chi connectivity index (χ0n) is 14.6. The van der Waals surface area contributed by atoms with Crippen LogP contribution in [-0.2, 0) is 17.8 Å². The number of rotatable bonds is 9. The van der Waals surface area contributed by atoms with Gasteiger partial charge in [-0.05, 0) is 24.6 Å². The van der Waals surface area contributed by atoms with Crippen molar-refractivity contribution in [2.45, 2.75) is 26.3 Å². The predicted octanol–water partition coefficient (Wildman–Crippen LogP) is 2.08. The molecule has 2 rings (SSSR count). The van der Waals surface area contributed by atoms with Gasteiger partial charge in [0.25, 0.3) is 0 Å². The molecule has 1 heterocycles. The van der Waals surface area contributed by atoms with E-state index in [2.05, 4.69) is 20.9 Å². The Morgan fingerprint density at radius 1 is 1.08 bits per heavy atom. The van der Waals surface area contributed by atoms with Gasteiger partial charge in [-0.2, -0.15) is 0 Å². The van der Waals surface area contributed by atoms with E-state index in [4.69, 9.17) is 4.42 Å². The van der Waals surface area contributed by atoms with Crippen molar-refractivity contribution in [1.29, 1.82) is 0 Å². The van der Waals surface area contributed by atoms with Crippen LogP contribution in [0.4, 0.5) is 0 Å². The summed E-state index contributed by atoms with van der Waals surface area (Å²) in [6.07, 6.45) is 2.81. The van der Waals surface area contributed by atoms with E-state index in [1.165, 1.54) is 0 Å². The van der Waals surface area contributed by atoms with Crippen LogP contribution in [-0.4, -0.2) is 31.5 Å². The molecule has 0 atom stereocenters. The Bertz CT molecular complexity index is 639. The highest BCUT2D eigenvalue weighted by molar-refractivity contribution is 5.81. The molecule has 25 heavy (non-hydrogen) atoms. The predicted molar refractivity (Wildman–Crippen MR) is 99.3 cm³/mol. The highest BCUT2D eigenvalue weighted by Gasteiger charge is 2.03. The van der Waals surface area contributed by atoms with E-state index in [0.717, 1.165) is 24.3 Å². The zero-order valence-corrected chi connectivity index (χ0v) is 14.6. The molecular formula is C19H26N4O2. The van der Waals surface area contributed by atoms with Crippen LogP contribution in [0.15, 0.2) is 58.1 Å². The lowest BCUT2D eigenvalue weighted by molar-refractivity contribution is -0.121. The summed E-state index contributed by atoms with van der Waals surface area (Å²) in [5.41, 5.74) is 1.09. The Morgan fingerprint density at radius 2 is 1.92 bits per heavy atom. The highest BCUT2D eigenvalue weighted by atomic mass is 16.3. The van der Waals surface area contributed by atoms with E-state index in [1.807, 2.05) is 49.4 Å². The molecule has 1 amide bonds. The van der Waals surface area contributed by atoms with Crippen molar-refractivity contribution < 1.29 is 9.21 Å². The molecule has 0 fully saturated rings. The molecule has 0 bridgehead atoms. The van der Waals surface area contributed by atoms with Crippen molar-refractivity contribution in [2.75, 3.05) is 19.6 Å². The van der Waals surface area contributed by atoms with Crippen molar-refractivity contribution in [3.8, 4) is 0 Å². The Kier molecular flexibility index (Phi) is 8.11. The lowest BCUT2D eigenvalue weighted by Gasteiger charge is -2.11. The molecule has 1 aromatic carbocycles. The van der Waals surface area contributed by atoms with Gasteiger partial charge in [0.1, 0.15) is 5.76 Å². The molecule has 0 saturated heterocycles. The quantitative estimate of drug-likeness (QED) is 0.482. The third kappa shape index (κ3) is 7.56. The number of guanidine groups is 1. The summed E-state index contributed by atoms with van der Waals surface area (Å²) in [4.78, 5) is 16.4. The first kappa shape index (κ1) is 18.6. The van der Waals surface area contributed by atoms with Crippen LogP contribution in [0.5, 0.6) is 0 Å². The van der Waals surface area contributed by atoms with Crippen LogP contribution in [0.25, 0.3) is 0 Å². The van der Waals surface area contributed by atoms with Crippen LogP contribution in [0.3, 0.4) is 0 Å². The third-order valence-corrected chi connectivity index (χ3v) is 3.53. The number of furan rings is 1. The van der Waals surface area contributed by atoms with Gasteiger partial charge in [0, 0.05) is 39.0 Å². The van der Waals surface area contributed by atoms with Gasteiger partial charge in [0.15, 0.2) is 5.96 Å². The van der Waals surface area contributed by atoms with Crippen LogP contribution >= 0.6 is 0 Å². The number of carbonyl (C=O) groups excluding carboxylic acids is 1. The average Bonchev–Trinajstić information content (AvgIpc) is 3.14. The van der Waals surface area contributed by atoms with Crippen molar-refractivity contribution in [3.05, 3.63) is 60.1 Å². The maximum atomic E-state index is 11.9. The first-order valence-corrected chi connectivity index (χ1v) is 8.63. The summed E-state index contributed by atoms with van der Waals surface area (Å²) < 4.78 is 5.29. The SMILES string of the molecule is CCNC(=NCCc1ccco1)NCCC(=O)NCc1ccccc1. The van der Waals surface area contributed by atoms with E-state index >= 15 is 0 Å². The van der Waals surface area contributed by atoms with E-state index in [0.29, 0.717) is 32.0 Å². The molecule has 0 unspecified atom stereocenters. The number of hydrogen-bond donors (Lipinski definition) is 3. The van der Waals surface area contributed by atoms with Gasteiger partial charge in [-0.25, -0.2) is 0 Å². The van der Waals surface area contributed by atoms with E-state index in [-0.39, 0.29) is 5.91 Å². The molecule has 0 spiro atoms. The van der Waals surface area contributed by atoms with Crippen LogP contribution in [0.1, 0.15) is 24.7 Å². The second-order valence-corrected chi connectivity index (χ2v) is 5.53. The van der Waals surface area contributed by atoms with E-state index in [9.17, 15) is 4.79 Å². The van der Waals surface area contributed by atoms with Crippen LogP contribution in [0.2, 0.25) is 0 Å². The second-order valence-electron chi connectivity index (χ2n) is 5.53. The Morgan fingerprint density at radius 3 is 2.64 bits per heavy atom. The number of benzene rings is 1. The van der Waals surface area contributed by atoms with Crippen LogP contribution < -0.4 is 16.0 Å². The van der Waals surface area contributed by atoms with Gasteiger partial charge in [0.05, 0.1) is 6.26 Å². The van der Waals surface area contributed by atoms with Crippen molar-refractivity contribution in [2.24, 2.45) is 4.99 Å². The van der Waals surface area contributed by atoms with Crippen molar-refractivity contribution >= 4 is 11.9 Å². The summed E-state index contributed by atoms with van der Waals surface area (Å²) in [5, 5.41) is 9.26. The number of aliphatic imine (C=N–C) groups is 1. The molecule has 6 nitrogen and oxygen atoms in total. The lowest BCUT2D eigenvalue weighted by Crippen LogP contribution is -2.39. The molecule has 6 heteroatoms. The highest BCUT2D eigenvalue weighted by Crippen LogP contribution is 2.00. The lowest BCUT2D eigenvalue weighted by atomic mass is 10.2. The fourth-order valence-corrected chi connectivity index (χ4v) is 2.25. The number of nitrogens with one attached hydrogen (secondary N) is 3. The molecule has 0 aliphatic rings. The topological polar surface area (TPSA) is 78.7 Å². The molecule has 3 N–H and O–H groups in total. The first-order valence-electron chi connectivity index (χ1n) is 8.63. The fourth-order valence-electron chi connectivity index (χ4n) is 2.25. The van der Waals surface area contributed by atoms with Gasteiger partial charge in [-0.15, -0.1) is 0 Å². The van der Waals surface area contributed by atoms with Gasteiger partial charge in [-0.1, -0.05) is 30.3 Å². The molecule has 134 valence electrons. The maximum Gasteiger partial charge on any atom is 0.222 e. The summed E-state index contributed by atoms with van der Waals surface area (Å²) in [7, 11) is 0. The van der Waals surface area contributed by atoms with Crippen molar-refractivity contribution in [1.82, 2.24) is 16.0 Å². The number of nitrogens with zero attached hydrogens (tertiary/aromatic N) is 1. The zero-order chi connectivity index (χ0) is 17.7. The summed E-state index contributed by atoms with van der Waals surface area (Å²) in [6.45, 7) is 4.50. The molecule has 0 saturated carbocycles. The third-order valence-electron chi connectivity index (χ3n) is 3.53. The van der Waals surface area contributed by atoms with Gasteiger partial charge in [-0.3, -0.25) is 9.79 Å². The molecule has 0 radical (unpaired) electrons. The number of amides is 1. The van der Waals surface area contributed by atoms with Gasteiger partial charge in [0.2, 0.25) is 5.91 Å². The summed E-state index contributed by atoms with van der Waals surface area (Å²) in [6, 6.07) is 13.7. The molecule has 1 aromatic heterocycles. The van der Waals surface area contributed by atoms with Crippen LogP contribution in [0, 0.1) is 0 Å². The standard InChI is InChI=1S/C19H26N4O2/c1-2-20-19(21-12-10-17-9-6-14-25-17)22-13-11-18(24)23-15-16-7-4-3-5-8-16/h3-9,14H,2,10-13,15H2,1H3,(H,23,24)(H2,20,21,22). The molecular weight excluding hydrogens is 316 g/mol. The van der Waals surface area contributed by atoms with Gasteiger partial charge < -0.3 is 20.4 Å². The maximum absolute atomic E-state index is 11.9. The fraction of sp³-hybridized carbons (Fsp3) is 0.368. The Labute approximate surface area is 148 Å². The molecule has 0 aliphatic heterocycles. The normalized spacial score (nSPS) is 11.2. The minimum Gasteiger partial charge on any atom is -0.469 e. The Hall–Kier alpha value is -2.76. The minimum absolute atomic E-state index is 0.0165. The second kappa shape index (κ2) is 10.9. The average molecular weight is 342 g/mol. The van der Waals surface area contributed by atoms with E-state index < -0.39 is 0 Å². The number of hydrogen-bond acceptors (Lipinski definition) is 3. The molecule has 2 aromatic rings. The van der Waals surface area contributed by atoms with Gasteiger partial charge >= 0.3 is 0 Å². The van der Waals surface area contributed by atoms with Crippen molar-refractivity contribution in [3.63, 3.8) is 0 Å². The number of carbonyl (C=O) groups is 1. The summed E-state index contributed by atoms with van der Waals surface area (Å²) in [5.74, 6) is 1.65. The minimum atomic E-state index is 0.0165. The molecule has 0 aliphatic carbocycles. The largest absolute Gasteiger partial charge is 0.469 e. The smallest absolute Gasteiger partial charge is 0.222 e. The monoisotopic (exact) mass is 342 g/mol. The van der Waals surface area contributed by atoms with E-state index in [1.54, 1.807) is 6.26 Å². The first-order chi connectivity index (χ1) is 12.3.